The quantitative estimate of drug-likeness (QED) is 0.286. The lowest BCUT2D eigenvalue weighted by atomic mass is 10.2. The van der Waals surface area contributed by atoms with Crippen LogP contribution in [0.15, 0.2) is 103 Å². The van der Waals surface area contributed by atoms with Gasteiger partial charge < -0.3 is 33.0 Å². The van der Waals surface area contributed by atoms with Crippen LogP contribution >= 0.6 is 7.14 Å². The molecule has 0 radical (unpaired) electrons. The molecule has 1 aliphatic heterocycles. The Balaban J connectivity index is 1.53. The summed E-state index contributed by atoms with van der Waals surface area (Å²) in [5, 5.41) is 1.82. The molecule has 0 saturated heterocycles. The molecule has 0 saturated carbocycles. The van der Waals surface area contributed by atoms with E-state index < -0.39 is 7.14 Å². The minimum absolute atomic E-state index is 0.192. The fourth-order valence-corrected chi connectivity index (χ4v) is 7.68. The van der Waals surface area contributed by atoms with Crippen molar-refractivity contribution in [3.05, 3.63) is 109 Å². The molecule has 226 valence electrons. The molecule has 7 nitrogen and oxygen atoms in total. The Bertz CT molecular complexity index is 1410. The second-order valence-electron chi connectivity index (χ2n) is 10.4. The number of rotatable bonds is 4. The van der Waals surface area contributed by atoms with Gasteiger partial charge in [0.25, 0.3) is 0 Å². The zero-order chi connectivity index (χ0) is 29.9. The van der Waals surface area contributed by atoms with Gasteiger partial charge in [-0.1, -0.05) is 54.6 Å². The van der Waals surface area contributed by atoms with Crippen LogP contribution in [0.25, 0.3) is 0 Å². The van der Waals surface area contributed by atoms with E-state index in [0.29, 0.717) is 79.4 Å². The van der Waals surface area contributed by atoms with E-state index in [4.69, 9.17) is 28.4 Å². The van der Waals surface area contributed by atoms with Crippen molar-refractivity contribution < 1.29 is 33.0 Å². The Hall–Kier alpha value is -3.61. The fourth-order valence-electron chi connectivity index (χ4n) is 4.81. The molecule has 0 aromatic heterocycles. The van der Waals surface area contributed by atoms with Crippen molar-refractivity contribution in [2.24, 2.45) is 0 Å². The predicted molar refractivity (Wildman–Crippen MR) is 169 cm³/mol. The SMILES string of the molecule is C[C@H]1COc2ccccc2P(=O)(c2ccc(OCc3ccccc3)cc2)c2ccccc2OC[C@H](C)OCCOCCO1. The molecular formula is C35H39O7P. The number of para-hydroxylation sites is 2. The summed E-state index contributed by atoms with van der Waals surface area (Å²) in [7, 11) is -3.50. The Morgan fingerprint density at radius 2 is 1.16 bits per heavy atom. The van der Waals surface area contributed by atoms with Gasteiger partial charge in [0.2, 0.25) is 0 Å². The van der Waals surface area contributed by atoms with Crippen LogP contribution in [-0.4, -0.2) is 51.8 Å². The van der Waals surface area contributed by atoms with E-state index in [1.807, 2.05) is 117 Å². The molecule has 0 bridgehead atoms. The van der Waals surface area contributed by atoms with Gasteiger partial charge in [-0.3, -0.25) is 0 Å². The normalized spacial score (nSPS) is 19.8. The Morgan fingerprint density at radius 3 is 1.72 bits per heavy atom. The maximum Gasteiger partial charge on any atom is 0.178 e. The third-order valence-corrected chi connectivity index (χ3v) is 10.2. The number of ether oxygens (including phenoxy) is 6. The van der Waals surface area contributed by atoms with Crippen LogP contribution in [0, 0.1) is 0 Å². The van der Waals surface area contributed by atoms with Crippen molar-refractivity contribution in [1.82, 2.24) is 0 Å². The molecule has 4 aromatic carbocycles. The van der Waals surface area contributed by atoms with Gasteiger partial charge in [0.1, 0.15) is 37.1 Å². The average molecular weight is 603 g/mol. The van der Waals surface area contributed by atoms with Crippen molar-refractivity contribution in [3.8, 4) is 17.2 Å². The molecule has 0 aliphatic carbocycles. The van der Waals surface area contributed by atoms with E-state index in [2.05, 4.69) is 0 Å². The van der Waals surface area contributed by atoms with Gasteiger partial charge in [-0.15, -0.1) is 0 Å². The molecule has 4 aromatic rings. The van der Waals surface area contributed by atoms with Gasteiger partial charge >= 0.3 is 0 Å². The third-order valence-electron chi connectivity index (χ3n) is 7.06. The highest BCUT2D eigenvalue weighted by molar-refractivity contribution is 7.85. The van der Waals surface area contributed by atoms with Crippen LogP contribution in [0.5, 0.6) is 17.2 Å². The van der Waals surface area contributed by atoms with Crippen LogP contribution < -0.4 is 30.1 Å². The molecule has 1 aliphatic rings. The zero-order valence-electron chi connectivity index (χ0n) is 24.7. The minimum atomic E-state index is -3.50. The fraction of sp³-hybridized carbons (Fsp3) is 0.314. The largest absolute Gasteiger partial charge is 0.490 e. The lowest BCUT2D eigenvalue weighted by Crippen LogP contribution is -2.30. The summed E-state index contributed by atoms with van der Waals surface area (Å²) < 4.78 is 51.7. The lowest BCUT2D eigenvalue weighted by Gasteiger charge is -2.26. The second kappa shape index (κ2) is 15.2. The van der Waals surface area contributed by atoms with E-state index in [0.717, 1.165) is 5.56 Å². The number of benzene rings is 4. The molecule has 5 rings (SSSR count). The minimum Gasteiger partial charge on any atom is -0.490 e. The molecule has 0 unspecified atom stereocenters. The van der Waals surface area contributed by atoms with Gasteiger partial charge in [-0.2, -0.15) is 0 Å². The van der Waals surface area contributed by atoms with Gasteiger partial charge in [-0.05, 0) is 67.9 Å². The molecule has 8 heteroatoms. The van der Waals surface area contributed by atoms with Crippen molar-refractivity contribution in [3.63, 3.8) is 0 Å². The van der Waals surface area contributed by atoms with Crippen LogP contribution in [0.2, 0.25) is 0 Å². The highest BCUT2D eigenvalue weighted by Crippen LogP contribution is 2.47. The summed E-state index contributed by atoms with van der Waals surface area (Å²) in [5.41, 5.74) is 1.07. The lowest BCUT2D eigenvalue weighted by molar-refractivity contribution is -0.0334. The first-order chi connectivity index (χ1) is 21.0. The molecule has 0 amide bonds. The zero-order valence-corrected chi connectivity index (χ0v) is 25.6. The summed E-state index contributed by atoms with van der Waals surface area (Å²) in [5.74, 6) is 1.76. The number of hydrogen-bond acceptors (Lipinski definition) is 7. The maximum atomic E-state index is 15.7. The van der Waals surface area contributed by atoms with Gasteiger partial charge in [0.15, 0.2) is 7.14 Å². The average Bonchev–Trinajstić information content (AvgIpc) is 3.05. The highest BCUT2D eigenvalue weighted by atomic mass is 31.2. The third kappa shape index (κ3) is 8.07. The topological polar surface area (TPSA) is 72.5 Å². The number of fused-ring (bicyclic) bond motifs is 2. The van der Waals surface area contributed by atoms with Gasteiger partial charge in [0.05, 0.1) is 49.2 Å². The van der Waals surface area contributed by atoms with Crippen molar-refractivity contribution in [2.45, 2.75) is 32.7 Å². The summed E-state index contributed by atoms with van der Waals surface area (Å²) in [4.78, 5) is 0. The highest BCUT2D eigenvalue weighted by Gasteiger charge is 2.35. The Labute approximate surface area is 254 Å². The summed E-state index contributed by atoms with van der Waals surface area (Å²) in [6, 6.07) is 32.5. The predicted octanol–water partition coefficient (Wildman–Crippen LogP) is 5.50. The summed E-state index contributed by atoms with van der Waals surface area (Å²) in [6.07, 6.45) is -0.384. The Morgan fingerprint density at radius 1 is 0.651 bits per heavy atom. The summed E-state index contributed by atoms with van der Waals surface area (Å²) >= 11 is 0. The monoisotopic (exact) mass is 602 g/mol. The van der Waals surface area contributed by atoms with E-state index >= 15 is 4.57 Å². The molecule has 43 heavy (non-hydrogen) atoms. The van der Waals surface area contributed by atoms with Crippen molar-refractivity contribution >= 4 is 23.1 Å². The van der Waals surface area contributed by atoms with E-state index in [-0.39, 0.29) is 12.2 Å². The van der Waals surface area contributed by atoms with Crippen LogP contribution in [0.3, 0.4) is 0 Å². The van der Waals surface area contributed by atoms with Crippen LogP contribution in [-0.2, 0) is 25.4 Å². The van der Waals surface area contributed by atoms with Gasteiger partial charge in [0, 0.05) is 5.30 Å². The Kier molecular flexibility index (Phi) is 10.9. The molecule has 2 atom stereocenters. The molecule has 0 spiro atoms. The number of hydrogen-bond donors (Lipinski definition) is 0. The van der Waals surface area contributed by atoms with E-state index in [1.54, 1.807) is 0 Å². The molecule has 0 fully saturated rings. The van der Waals surface area contributed by atoms with Crippen LogP contribution in [0.4, 0.5) is 0 Å². The first-order valence-corrected chi connectivity index (χ1v) is 16.4. The summed E-state index contributed by atoms with van der Waals surface area (Å²) in [6.45, 7) is 6.73. The first kappa shape index (κ1) is 30.8. The van der Waals surface area contributed by atoms with Crippen molar-refractivity contribution in [1.29, 1.82) is 0 Å². The van der Waals surface area contributed by atoms with Gasteiger partial charge in [-0.25, -0.2) is 0 Å². The van der Waals surface area contributed by atoms with Crippen LogP contribution in [0.1, 0.15) is 19.4 Å². The smallest absolute Gasteiger partial charge is 0.178 e. The molecule has 1 heterocycles. The first-order valence-electron chi connectivity index (χ1n) is 14.7. The molecule has 0 N–H and O–H groups in total. The maximum absolute atomic E-state index is 15.7. The second-order valence-corrected chi connectivity index (χ2v) is 13.1. The van der Waals surface area contributed by atoms with E-state index in [1.165, 1.54) is 0 Å². The van der Waals surface area contributed by atoms with Crippen molar-refractivity contribution in [2.75, 3.05) is 39.6 Å². The van der Waals surface area contributed by atoms with E-state index in [9.17, 15) is 0 Å². The standard InChI is InChI=1S/C35H39O7P/c1-27-24-41-32-12-6-8-14-34(32)43(36,31-18-16-30(17-19-31)40-26-29-10-4-3-5-11-29)35-15-9-7-13-33(35)42-25-28(2)39-23-21-37-20-22-38-27/h3-19,27-28H,20-26H2,1-2H3/t27-,28-/m0/s1. The molecular weight excluding hydrogens is 563 g/mol.